The van der Waals surface area contributed by atoms with E-state index < -0.39 is 0 Å². The lowest BCUT2D eigenvalue weighted by atomic mass is 10.1. The van der Waals surface area contributed by atoms with Crippen LogP contribution in [-0.4, -0.2) is 47.0 Å². The minimum atomic E-state index is -0.0619. The lowest BCUT2D eigenvalue weighted by Crippen LogP contribution is -2.33. The van der Waals surface area contributed by atoms with E-state index in [0.717, 1.165) is 36.4 Å². The second kappa shape index (κ2) is 9.30. The molecule has 1 saturated heterocycles. The van der Waals surface area contributed by atoms with Crippen molar-refractivity contribution in [3.05, 3.63) is 72.6 Å². The Morgan fingerprint density at radius 1 is 0.931 bits per heavy atom. The molecule has 1 fully saturated rings. The van der Waals surface area contributed by atoms with Crippen LogP contribution in [0, 0.1) is 0 Å². The molecule has 0 aliphatic carbocycles. The summed E-state index contributed by atoms with van der Waals surface area (Å²) in [7, 11) is 0. The molecule has 1 aliphatic heterocycles. The van der Waals surface area contributed by atoms with Gasteiger partial charge in [0.15, 0.2) is 0 Å². The van der Waals surface area contributed by atoms with Crippen molar-refractivity contribution < 1.29 is 4.79 Å². The van der Waals surface area contributed by atoms with E-state index in [1.165, 1.54) is 12.8 Å². The third-order valence-electron chi connectivity index (χ3n) is 5.05. The summed E-state index contributed by atoms with van der Waals surface area (Å²) in [5, 5.41) is 6.17. The highest BCUT2D eigenvalue weighted by atomic mass is 16.1. The van der Waals surface area contributed by atoms with Crippen LogP contribution in [0.5, 0.6) is 0 Å². The summed E-state index contributed by atoms with van der Waals surface area (Å²) in [6.45, 7) is 3.85. The van der Waals surface area contributed by atoms with E-state index in [9.17, 15) is 4.79 Å². The fourth-order valence-electron chi connectivity index (χ4n) is 3.48. The number of amides is 1. The number of benzene rings is 2. The third kappa shape index (κ3) is 5.18. The molecule has 0 atom stereocenters. The molecule has 29 heavy (non-hydrogen) atoms. The van der Waals surface area contributed by atoms with Crippen LogP contribution in [0.25, 0.3) is 11.1 Å². The SMILES string of the molecule is O=C(NCCN1CCCC1)c1cccc(Nc2ncc(-c3ccccc3)cn2)c1. The third-order valence-corrected chi connectivity index (χ3v) is 5.05. The highest BCUT2D eigenvalue weighted by Crippen LogP contribution is 2.19. The summed E-state index contributed by atoms with van der Waals surface area (Å²) in [6, 6.07) is 17.4. The summed E-state index contributed by atoms with van der Waals surface area (Å²) in [4.78, 5) is 23.6. The molecule has 0 radical (unpaired) electrons. The molecule has 2 heterocycles. The zero-order valence-corrected chi connectivity index (χ0v) is 16.3. The molecule has 2 N–H and O–H groups in total. The fourth-order valence-corrected chi connectivity index (χ4v) is 3.48. The topological polar surface area (TPSA) is 70.2 Å². The number of likely N-dealkylation sites (tertiary alicyclic amines) is 1. The molecular formula is C23H25N5O. The Morgan fingerprint density at radius 3 is 2.45 bits per heavy atom. The standard InChI is InChI=1S/C23H25N5O/c29-22(24-11-14-28-12-4-5-13-28)19-9-6-10-21(15-19)27-23-25-16-20(17-26-23)18-7-2-1-3-8-18/h1-3,6-10,15-17H,4-5,11-14H2,(H,24,29)(H,25,26,27). The van der Waals surface area contributed by atoms with Gasteiger partial charge in [0.1, 0.15) is 0 Å². The number of aromatic nitrogens is 2. The van der Waals surface area contributed by atoms with Gasteiger partial charge in [-0.15, -0.1) is 0 Å². The van der Waals surface area contributed by atoms with Crippen molar-refractivity contribution in [1.82, 2.24) is 20.2 Å². The maximum Gasteiger partial charge on any atom is 0.251 e. The minimum Gasteiger partial charge on any atom is -0.351 e. The molecule has 2 aromatic carbocycles. The quantitative estimate of drug-likeness (QED) is 0.647. The van der Waals surface area contributed by atoms with Crippen molar-refractivity contribution in [3.8, 4) is 11.1 Å². The number of carbonyl (C=O) groups excluding carboxylic acids is 1. The number of hydrogen-bond acceptors (Lipinski definition) is 5. The van der Waals surface area contributed by atoms with Crippen LogP contribution in [0.4, 0.5) is 11.6 Å². The van der Waals surface area contributed by atoms with Gasteiger partial charge in [-0.2, -0.15) is 0 Å². The molecule has 6 nitrogen and oxygen atoms in total. The Hall–Kier alpha value is -3.25. The van der Waals surface area contributed by atoms with Crippen molar-refractivity contribution in [2.24, 2.45) is 0 Å². The van der Waals surface area contributed by atoms with E-state index in [0.29, 0.717) is 18.1 Å². The highest BCUT2D eigenvalue weighted by Gasteiger charge is 2.12. The van der Waals surface area contributed by atoms with Crippen LogP contribution in [-0.2, 0) is 0 Å². The molecule has 4 rings (SSSR count). The fraction of sp³-hybridized carbons (Fsp3) is 0.261. The molecule has 3 aromatic rings. The first-order valence-corrected chi connectivity index (χ1v) is 10.0. The smallest absolute Gasteiger partial charge is 0.251 e. The van der Waals surface area contributed by atoms with Gasteiger partial charge in [-0.1, -0.05) is 36.4 Å². The number of nitrogens with zero attached hydrogens (tertiary/aromatic N) is 3. The Bertz CT molecular complexity index is 937. The summed E-state index contributed by atoms with van der Waals surface area (Å²) in [5.74, 6) is 0.435. The van der Waals surface area contributed by atoms with E-state index in [1.54, 1.807) is 12.4 Å². The number of anilines is 2. The van der Waals surface area contributed by atoms with Gasteiger partial charge in [-0.25, -0.2) is 9.97 Å². The van der Waals surface area contributed by atoms with Crippen molar-refractivity contribution in [3.63, 3.8) is 0 Å². The average molecular weight is 387 g/mol. The Morgan fingerprint density at radius 2 is 1.69 bits per heavy atom. The summed E-state index contributed by atoms with van der Waals surface area (Å²) in [5.41, 5.74) is 3.44. The van der Waals surface area contributed by atoms with Crippen molar-refractivity contribution in [2.45, 2.75) is 12.8 Å². The first kappa shape index (κ1) is 19.1. The average Bonchev–Trinajstić information content (AvgIpc) is 3.29. The van der Waals surface area contributed by atoms with E-state index in [1.807, 2.05) is 54.6 Å². The predicted molar refractivity (Wildman–Crippen MR) is 115 cm³/mol. The monoisotopic (exact) mass is 387 g/mol. The Balaban J connectivity index is 1.35. The minimum absolute atomic E-state index is 0.0619. The van der Waals surface area contributed by atoms with Crippen LogP contribution in [0.1, 0.15) is 23.2 Å². The number of rotatable bonds is 7. The largest absolute Gasteiger partial charge is 0.351 e. The van der Waals surface area contributed by atoms with Gasteiger partial charge in [0.25, 0.3) is 5.91 Å². The van der Waals surface area contributed by atoms with E-state index in [-0.39, 0.29) is 5.91 Å². The first-order valence-electron chi connectivity index (χ1n) is 10.0. The molecular weight excluding hydrogens is 362 g/mol. The lowest BCUT2D eigenvalue weighted by molar-refractivity contribution is 0.0950. The molecule has 1 amide bonds. The summed E-state index contributed by atoms with van der Waals surface area (Å²) in [6.07, 6.45) is 6.10. The molecule has 1 aliphatic rings. The van der Waals surface area contributed by atoms with Gasteiger partial charge in [-0.3, -0.25) is 4.79 Å². The number of carbonyl (C=O) groups is 1. The highest BCUT2D eigenvalue weighted by molar-refractivity contribution is 5.95. The molecule has 0 saturated carbocycles. The molecule has 0 spiro atoms. The molecule has 0 unspecified atom stereocenters. The van der Waals surface area contributed by atoms with E-state index in [4.69, 9.17) is 0 Å². The predicted octanol–water partition coefficient (Wildman–Crippen LogP) is 3.71. The zero-order chi connectivity index (χ0) is 19.9. The van der Waals surface area contributed by atoms with E-state index in [2.05, 4.69) is 25.5 Å². The van der Waals surface area contributed by atoms with Crippen LogP contribution in [0.15, 0.2) is 67.0 Å². The first-order chi connectivity index (χ1) is 14.3. The Labute approximate surface area is 171 Å². The van der Waals surface area contributed by atoms with E-state index >= 15 is 0 Å². The normalized spacial score (nSPS) is 13.9. The van der Waals surface area contributed by atoms with Crippen molar-refractivity contribution in [1.29, 1.82) is 0 Å². The second-order valence-electron chi connectivity index (χ2n) is 7.17. The van der Waals surface area contributed by atoms with Crippen molar-refractivity contribution >= 4 is 17.5 Å². The maximum atomic E-state index is 12.4. The van der Waals surface area contributed by atoms with Gasteiger partial charge in [0.05, 0.1) is 0 Å². The zero-order valence-electron chi connectivity index (χ0n) is 16.3. The van der Waals surface area contributed by atoms with Gasteiger partial charge in [-0.05, 0) is 49.7 Å². The maximum absolute atomic E-state index is 12.4. The number of nitrogens with one attached hydrogen (secondary N) is 2. The van der Waals surface area contributed by atoms with Crippen LogP contribution in [0.2, 0.25) is 0 Å². The molecule has 0 bridgehead atoms. The molecule has 148 valence electrons. The van der Waals surface area contributed by atoms with Crippen LogP contribution < -0.4 is 10.6 Å². The number of hydrogen-bond donors (Lipinski definition) is 2. The lowest BCUT2D eigenvalue weighted by Gasteiger charge is -2.15. The second-order valence-corrected chi connectivity index (χ2v) is 7.17. The van der Waals surface area contributed by atoms with Crippen molar-refractivity contribution in [2.75, 3.05) is 31.5 Å². The summed E-state index contributed by atoms with van der Waals surface area (Å²) >= 11 is 0. The van der Waals surface area contributed by atoms with Gasteiger partial charge >= 0.3 is 0 Å². The Kier molecular flexibility index (Phi) is 6.12. The van der Waals surface area contributed by atoms with Crippen LogP contribution in [0.3, 0.4) is 0 Å². The molecule has 6 heteroatoms. The molecule has 1 aromatic heterocycles. The van der Waals surface area contributed by atoms with Gasteiger partial charge < -0.3 is 15.5 Å². The van der Waals surface area contributed by atoms with Gasteiger partial charge in [0.2, 0.25) is 5.95 Å². The van der Waals surface area contributed by atoms with Gasteiger partial charge in [0, 0.05) is 42.3 Å². The van der Waals surface area contributed by atoms with Crippen LogP contribution >= 0.6 is 0 Å². The summed E-state index contributed by atoms with van der Waals surface area (Å²) < 4.78 is 0.